The Labute approximate surface area is 379 Å². The molecule has 4 aromatic rings. The van der Waals surface area contributed by atoms with Crippen molar-refractivity contribution in [3.05, 3.63) is 64.0 Å². The van der Waals surface area contributed by atoms with Gasteiger partial charge in [-0.05, 0) is 125 Å². The minimum absolute atomic E-state index is 0.00963. The number of carbonyl (C=O) groups excluding carboxylic acids is 2. The number of alkyl halides is 3. The van der Waals surface area contributed by atoms with Crippen molar-refractivity contribution >= 4 is 55.8 Å². The summed E-state index contributed by atoms with van der Waals surface area (Å²) in [6.07, 6.45) is 3.50. The fourth-order valence-electron chi connectivity index (χ4n) is 11.5. The Morgan fingerprint density at radius 3 is 2.36 bits per heavy atom. The molecule has 1 aliphatic carbocycles. The van der Waals surface area contributed by atoms with E-state index in [2.05, 4.69) is 25.5 Å². The van der Waals surface area contributed by atoms with Crippen LogP contribution in [0.4, 0.5) is 40.7 Å². The van der Waals surface area contributed by atoms with E-state index in [0.717, 1.165) is 64.4 Å². The van der Waals surface area contributed by atoms with Crippen LogP contribution in [0.2, 0.25) is 0 Å². The van der Waals surface area contributed by atoms with Crippen LogP contribution in [0.5, 0.6) is 0 Å². The quantitative estimate of drug-likeness (QED) is 0.149. The van der Waals surface area contributed by atoms with Crippen molar-refractivity contribution in [2.45, 2.75) is 106 Å². The van der Waals surface area contributed by atoms with Crippen LogP contribution in [-0.4, -0.2) is 108 Å². The van der Waals surface area contributed by atoms with E-state index < -0.39 is 55.9 Å². The number of carbonyl (C=O) groups is 2. The molecule has 1 saturated carbocycles. The van der Waals surface area contributed by atoms with Gasteiger partial charge in [-0.2, -0.15) is 18.2 Å². The molecule has 10 rings (SSSR count). The third-order valence-corrected chi connectivity index (χ3v) is 17.6. The second-order valence-corrected chi connectivity index (χ2v) is 21.8. The van der Waals surface area contributed by atoms with E-state index in [4.69, 9.17) is 4.74 Å². The Bertz CT molecular complexity index is 2750. The zero-order valence-electron chi connectivity index (χ0n) is 37.1. The van der Waals surface area contributed by atoms with E-state index in [1.807, 2.05) is 4.90 Å². The maximum absolute atomic E-state index is 16.2. The molecular weight excluding hydrogens is 883 g/mol. The summed E-state index contributed by atoms with van der Waals surface area (Å²) in [6.45, 7) is 7.09. The van der Waals surface area contributed by atoms with Crippen LogP contribution in [0.25, 0.3) is 11.0 Å². The smallest absolute Gasteiger partial charge is 0.373 e. The monoisotopic (exact) mass is 937 g/mol. The molecule has 2 atom stereocenters. The van der Waals surface area contributed by atoms with E-state index in [1.54, 1.807) is 42.2 Å². The molecule has 6 fully saturated rings. The van der Waals surface area contributed by atoms with Crippen LogP contribution < -0.4 is 26.1 Å². The van der Waals surface area contributed by atoms with Crippen molar-refractivity contribution in [2.75, 3.05) is 67.5 Å². The van der Waals surface area contributed by atoms with E-state index in [1.165, 1.54) is 16.2 Å². The summed E-state index contributed by atoms with van der Waals surface area (Å²) in [5, 5.41) is 4.83. The number of hydrogen-bond donors (Lipinski definition) is 2. The van der Waals surface area contributed by atoms with Crippen molar-refractivity contribution in [3.63, 3.8) is 0 Å². The Kier molecular flexibility index (Phi) is 11.3. The molecule has 2 amide bonds. The average molecular weight is 938 g/mol. The summed E-state index contributed by atoms with van der Waals surface area (Å²) in [7, 11) is -2.13. The number of halogens is 4. The number of anilines is 4. The SMILES string of the molecule is Cc1cc(S(=O)(=O)C2CC3(CCN(CC4CCN(c5ccc6c(c5F)n(C)c(=O)n6C5CCC(=O)NC5=O)CC4)CC3)C2)ccc1Nc1ncc(C(F)(F)F)c(N2CCCC3(CCO3)C2)n1. The summed E-state index contributed by atoms with van der Waals surface area (Å²) in [4.78, 5) is 52.3. The lowest BCUT2D eigenvalue weighted by atomic mass is 9.63. The third-order valence-electron chi connectivity index (χ3n) is 15.5. The predicted molar refractivity (Wildman–Crippen MR) is 238 cm³/mol. The number of imidazole rings is 1. The predicted octanol–water partition coefficient (Wildman–Crippen LogP) is 6.01. The van der Waals surface area contributed by atoms with E-state index >= 15 is 4.39 Å². The van der Waals surface area contributed by atoms with Crippen molar-refractivity contribution in [1.82, 2.24) is 29.3 Å². The van der Waals surface area contributed by atoms with Gasteiger partial charge in [-0.25, -0.2) is 22.6 Å². The molecule has 5 saturated heterocycles. The molecule has 2 unspecified atom stereocenters. The molecule has 2 aromatic carbocycles. The standard InChI is InChI=1S/C46H55F4N9O6S/c1-28-22-30(4-5-33(28)52-42-51-25-32(46(48,49)50)40(54-42)58-16-3-12-45(27-58)15-21-65-45)66(63,64)31-23-44(24-31)13-19-56(20-14-44)26-29-10-17-57(18-11-29)34-6-7-35-39(38(34)47)55(2)43(62)59(35)36-8-9-37(60)53-41(36)61/h4-7,22,25,29,31,36H,3,8-21,23-24,26-27H2,1-2H3,(H,51,52,54)(H,53,60,61). The van der Waals surface area contributed by atoms with Gasteiger partial charge >= 0.3 is 11.9 Å². The molecule has 66 heavy (non-hydrogen) atoms. The van der Waals surface area contributed by atoms with Crippen LogP contribution in [0.15, 0.2) is 46.2 Å². The Hall–Kier alpha value is -5.08. The molecule has 2 spiro atoms. The zero-order valence-corrected chi connectivity index (χ0v) is 37.9. The van der Waals surface area contributed by atoms with Crippen molar-refractivity contribution < 1.29 is 40.3 Å². The topological polar surface area (TPSA) is 164 Å². The van der Waals surface area contributed by atoms with Crippen LogP contribution >= 0.6 is 0 Å². The van der Waals surface area contributed by atoms with Gasteiger partial charge in [-0.3, -0.25) is 24.0 Å². The third kappa shape index (κ3) is 8.03. The van der Waals surface area contributed by atoms with Gasteiger partial charge < -0.3 is 24.8 Å². The summed E-state index contributed by atoms with van der Waals surface area (Å²) in [5.41, 5.74) is 0.104. The number of nitrogens with one attached hydrogen (secondary N) is 2. The second kappa shape index (κ2) is 16.6. The van der Waals surface area contributed by atoms with Crippen molar-refractivity contribution in [2.24, 2.45) is 18.4 Å². The molecule has 5 aliphatic heterocycles. The summed E-state index contributed by atoms with van der Waals surface area (Å²) in [5.74, 6) is -1.24. The van der Waals surface area contributed by atoms with Gasteiger partial charge in [0.2, 0.25) is 17.8 Å². The number of fused-ring (bicyclic) bond motifs is 1. The lowest BCUT2D eigenvalue weighted by Crippen LogP contribution is -2.56. The maximum Gasteiger partial charge on any atom is 0.421 e. The Balaban J connectivity index is 0.720. The van der Waals surface area contributed by atoms with Gasteiger partial charge in [-0.1, -0.05) is 0 Å². The molecule has 15 nitrogen and oxygen atoms in total. The number of benzene rings is 2. The molecule has 20 heteroatoms. The molecular formula is C46H55F4N9O6S. The van der Waals surface area contributed by atoms with Gasteiger partial charge in [0.15, 0.2) is 15.7 Å². The number of likely N-dealkylation sites (tertiary alicyclic amines) is 1. The van der Waals surface area contributed by atoms with Gasteiger partial charge in [0.05, 0.1) is 33.6 Å². The first-order valence-electron chi connectivity index (χ1n) is 23.1. The van der Waals surface area contributed by atoms with Gasteiger partial charge in [0, 0.05) is 64.5 Å². The fourth-order valence-corrected chi connectivity index (χ4v) is 13.6. The number of nitrogens with zero attached hydrogens (tertiary/aromatic N) is 7. The molecule has 354 valence electrons. The highest BCUT2D eigenvalue weighted by molar-refractivity contribution is 7.92. The molecule has 2 aromatic heterocycles. The highest BCUT2D eigenvalue weighted by atomic mass is 32.2. The number of imide groups is 1. The Morgan fingerprint density at radius 2 is 1.70 bits per heavy atom. The number of hydrogen-bond acceptors (Lipinski definition) is 12. The lowest BCUT2D eigenvalue weighted by molar-refractivity contribution is -0.152. The first-order chi connectivity index (χ1) is 31.4. The van der Waals surface area contributed by atoms with Crippen LogP contribution in [-0.2, 0) is 37.4 Å². The summed E-state index contributed by atoms with van der Waals surface area (Å²) in [6, 6.07) is 7.26. The molecule has 2 N–H and O–H groups in total. The van der Waals surface area contributed by atoms with Crippen LogP contribution in [0.1, 0.15) is 87.8 Å². The first-order valence-corrected chi connectivity index (χ1v) is 24.6. The molecule has 7 heterocycles. The summed E-state index contributed by atoms with van der Waals surface area (Å²) >= 11 is 0. The maximum atomic E-state index is 16.2. The number of aromatic nitrogens is 4. The number of amides is 2. The average Bonchev–Trinajstić information content (AvgIpc) is 3.52. The van der Waals surface area contributed by atoms with Gasteiger partial charge in [-0.15, -0.1) is 0 Å². The van der Waals surface area contributed by atoms with Crippen molar-refractivity contribution in [3.8, 4) is 0 Å². The number of piperidine rings is 4. The number of sulfone groups is 1. The molecule has 6 aliphatic rings. The summed E-state index contributed by atoms with van der Waals surface area (Å²) < 4.78 is 94.7. The second-order valence-electron chi connectivity index (χ2n) is 19.6. The Morgan fingerprint density at radius 1 is 0.955 bits per heavy atom. The molecule has 0 radical (unpaired) electrons. The normalized spacial score (nSPS) is 24.5. The fraction of sp³-hybridized carbons (Fsp3) is 0.587. The van der Waals surface area contributed by atoms with Gasteiger partial charge in [0.1, 0.15) is 22.9 Å². The lowest BCUT2D eigenvalue weighted by Gasteiger charge is -2.52. The van der Waals surface area contributed by atoms with Crippen LogP contribution in [0, 0.1) is 24.1 Å². The first kappa shape index (κ1) is 44.7. The number of ether oxygens (including phenoxy) is 1. The van der Waals surface area contributed by atoms with E-state index in [-0.39, 0.29) is 46.3 Å². The molecule has 0 bridgehead atoms. The minimum Gasteiger partial charge on any atom is -0.373 e. The van der Waals surface area contributed by atoms with Crippen LogP contribution in [0.3, 0.4) is 0 Å². The highest BCUT2D eigenvalue weighted by Crippen LogP contribution is 2.53. The van der Waals surface area contributed by atoms with E-state index in [9.17, 15) is 36.0 Å². The van der Waals surface area contributed by atoms with E-state index in [0.29, 0.717) is 80.4 Å². The number of aryl methyl sites for hydroxylation is 2. The number of rotatable bonds is 9. The highest BCUT2D eigenvalue weighted by Gasteiger charge is 2.51. The van der Waals surface area contributed by atoms with Crippen molar-refractivity contribution in [1.29, 1.82) is 0 Å². The van der Waals surface area contributed by atoms with Gasteiger partial charge in [0.25, 0.3) is 0 Å². The zero-order chi connectivity index (χ0) is 46.3. The minimum atomic E-state index is -4.64. The largest absolute Gasteiger partial charge is 0.421 e.